The number of hydrogen-bond acceptors (Lipinski definition) is 5. The maximum absolute atomic E-state index is 9.90. The first-order valence-corrected chi connectivity index (χ1v) is 12.6. The molecule has 0 amide bonds. The minimum Gasteiger partial charge on any atom is -0.392 e. The Morgan fingerprint density at radius 2 is 1.97 bits per heavy atom. The van der Waals surface area contributed by atoms with E-state index >= 15 is 0 Å². The zero-order chi connectivity index (χ0) is 23.2. The third-order valence-electron chi connectivity index (χ3n) is 7.83. The number of fused-ring (bicyclic) bond motifs is 2. The Kier molecular flexibility index (Phi) is 5.62. The van der Waals surface area contributed by atoms with Gasteiger partial charge in [0.15, 0.2) is 5.65 Å². The molecule has 2 fully saturated rings. The Balaban J connectivity index is 1.33. The molecule has 7 nitrogen and oxygen atoms in total. The smallest absolute Gasteiger partial charge is 0.160 e. The van der Waals surface area contributed by atoms with E-state index in [2.05, 4.69) is 41.0 Å². The summed E-state index contributed by atoms with van der Waals surface area (Å²) in [6, 6.07) is 6.43. The van der Waals surface area contributed by atoms with Gasteiger partial charge in [-0.2, -0.15) is 5.10 Å². The summed E-state index contributed by atoms with van der Waals surface area (Å²) in [5, 5.41) is 14.2. The molecule has 2 N–H and O–H groups in total. The van der Waals surface area contributed by atoms with E-state index in [1.807, 2.05) is 12.3 Å². The predicted molar refractivity (Wildman–Crippen MR) is 132 cm³/mol. The Morgan fingerprint density at radius 3 is 2.68 bits per heavy atom. The van der Waals surface area contributed by atoms with E-state index in [1.54, 1.807) is 4.52 Å². The van der Waals surface area contributed by atoms with Crippen LogP contribution in [0.1, 0.15) is 74.6 Å². The zero-order valence-corrected chi connectivity index (χ0v) is 20.0. The van der Waals surface area contributed by atoms with Gasteiger partial charge in [0.2, 0.25) is 0 Å². The number of H-pyrrole nitrogens is 1. The van der Waals surface area contributed by atoms with Crippen LogP contribution in [0.5, 0.6) is 0 Å². The highest BCUT2D eigenvalue weighted by molar-refractivity contribution is 5.88. The summed E-state index contributed by atoms with van der Waals surface area (Å²) in [7, 11) is 0. The summed E-state index contributed by atoms with van der Waals surface area (Å²) in [6.07, 6.45) is 9.91. The number of pyridine rings is 2. The molecule has 5 heterocycles. The summed E-state index contributed by atoms with van der Waals surface area (Å²) in [6.45, 7) is 6.30. The van der Waals surface area contributed by atoms with Crippen molar-refractivity contribution in [3.63, 3.8) is 0 Å². The first-order valence-electron chi connectivity index (χ1n) is 12.6. The van der Waals surface area contributed by atoms with Crippen molar-refractivity contribution in [1.29, 1.82) is 0 Å². The van der Waals surface area contributed by atoms with Crippen LogP contribution in [0.25, 0.3) is 27.9 Å². The molecular formula is C27H33N5O2. The van der Waals surface area contributed by atoms with Gasteiger partial charge in [-0.25, -0.2) is 9.50 Å². The lowest BCUT2D eigenvalue weighted by atomic mass is 9.76. The van der Waals surface area contributed by atoms with Crippen molar-refractivity contribution in [2.45, 2.75) is 64.4 Å². The van der Waals surface area contributed by atoms with Crippen molar-refractivity contribution < 1.29 is 9.84 Å². The van der Waals surface area contributed by atoms with Crippen LogP contribution in [0.15, 0.2) is 30.7 Å². The average molecular weight is 460 g/mol. The summed E-state index contributed by atoms with van der Waals surface area (Å²) < 4.78 is 7.11. The molecule has 0 spiro atoms. The highest BCUT2D eigenvalue weighted by atomic mass is 16.5. The second-order valence-corrected chi connectivity index (χ2v) is 10.5. The number of aromatic nitrogens is 5. The van der Waals surface area contributed by atoms with Gasteiger partial charge >= 0.3 is 0 Å². The minimum atomic E-state index is -0.0773. The van der Waals surface area contributed by atoms with Crippen LogP contribution in [0.2, 0.25) is 0 Å². The van der Waals surface area contributed by atoms with Crippen molar-refractivity contribution in [2.75, 3.05) is 13.2 Å². The maximum Gasteiger partial charge on any atom is 0.160 e. The number of hydrogen-bond donors (Lipinski definition) is 2. The van der Waals surface area contributed by atoms with E-state index in [0.29, 0.717) is 17.5 Å². The van der Waals surface area contributed by atoms with Crippen LogP contribution < -0.4 is 0 Å². The number of aliphatic hydroxyl groups excluding tert-OH is 1. The van der Waals surface area contributed by atoms with Crippen LogP contribution in [0.4, 0.5) is 0 Å². The molecule has 1 aliphatic carbocycles. The van der Waals surface area contributed by atoms with Crippen molar-refractivity contribution in [3.05, 3.63) is 47.5 Å². The molecule has 0 atom stereocenters. The fourth-order valence-electron chi connectivity index (χ4n) is 5.95. The van der Waals surface area contributed by atoms with Crippen LogP contribution in [0.3, 0.4) is 0 Å². The Bertz CT molecular complexity index is 1310. The zero-order valence-electron chi connectivity index (χ0n) is 20.0. The first-order chi connectivity index (χ1) is 16.6. The maximum atomic E-state index is 9.90. The molecule has 0 radical (unpaired) electrons. The van der Waals surface area contributed by atoms with Gasteiger partial charge in [0.1, 0.15) is 6.33 Å². The number of rotatable bonds is 6. The predicted octanol–water partition coefficient (Wildman–Crippen LogP) is 5.20. The van der Waals surface area contributed by atoms with Gasteiger partial charge in [-0.1, -0.05) is 13.8 Å². The van der Waals surface area contributed by atoms with Gasteiger partial charge in [-0.15, -0.1) is 0 Å². The average Bonchev–Trinajstić information content (AvgIpc) is 3.45. The summed E-state index contributed by atoms with van der Waals surface area (Å²) in [4.78, 5) is 13.1. The molecule has 4 aromatic rings. The van der Waals surface area contributed by atoms with E-state index in [0.717, 1.165) is 52.9 Å². The Morgan fingerprint density at radius 1 is 1.15 bits per heavy atom. The molecule has 4 aromatic heterocycles. The highest BCUT2D eigenvalue weighted by Gasteiger charge is 2.28. The second kappa shape index (κ2) is 8.78. The van der Waals surface area contributed by atoms with Gasteiger partial charge < -0.3 is 14.8 Å². The summed E-state index contributed by atoms with van der Waals surface area (Å²) in [5.74, 6) is 2.50. The SMILES string of the molecule is CC(C)c1c(-c2cc(CO)c3ncnn3c2)[nH]c2ccc(C3CCC(CC4COC4)CC3)nc12. The largest absolute Gasteiger partial charge is 0.392 e. The first kappa shape index (κ1) is 21.7. The Labute approximate surface area is 199 Å². The van der Waals surface area contributed by atoms with Gasteiger partial charge in [-0.05, 0) is 62.1 Å². The van der Waals surface area contributed by atoms with Crippen molar-refractivity contribution in [2.24, 2.45) is 11.8 Å². The molecule has 34 heavy (non-hydrogen) atoms. The molecule has 0 bridgehead atoms. The third kappa shape index (κ3) is 3.81. The van der Waals surface area contributed by atoms with Crippen LogP contribution in [0, 0.1) is 11.8 Å². The molecule has 7 heteroatoms. The van der Waals surface area contributed by atoms with Crippen LogP contribution in [-0.4, -0.2) is 42.9 Å². The van der Waals surface area contributed by atoms with Gasteiger partial charge in [-0.3, -0.25) is 4.98 Å². The number of aromatic amines is 1. The quantitative estimate of drug-likeness (QED) is 0.414. The molecule has 1 saturated carbocycles. The molecule has 0 unspecified atom stereocenters. The number of aliphatic hydroxyl groups is 1. The molecule has 2 aliphatic rings. The highest BCUT2D eigenvalue weighted by Crippen LogP contribution is 2.40. The Hall–Kier alpha value is -2.77. The number of nitrogens with zero attached hydrogens (tertiary/aromatic N) is 4. The summed E-state index contributed by atoms with van der Waals surface area (Å²) in [5.41, 5.74) is 8.08. The lowest BCUT2D eigenvalue weighted by molar-refractivity contribution is -0.0448. The fourth-order valence-corrected chi connectivity index (χ4v) is 5.95. The molecule has 6 rings (SSSR count). The lowest BCUT2D eigenvalue weighted by Gasteiger charge is -2.34. The van der Waals surface area contributed by atoms with E-state index < -0.39 is 0 Å². The number of nitrogens with one attached hydrogen (secondary N) is 1. The normalized spacial score (nSPS) is 21.5. The third-order valence-corrected chi connectivity index (χ3v) is 7.83. The summed E-state index contributed by atoms with van der Waals surface area (Å²) >= 11 is 0. The lowest BCUT2D eigenvalue weighted by Crippen LogP contribution is -2.30. The minimum absolute atomic E-state index is 0.0773. The monoisotopic (exact) mass is 459 g/mol. The van der Waals surface area contributed by atoms with Gasteiger partial charge in [0, 0.05) is 40.4 Å². The molecule has 1 saturated heterocycles. The molecule has 0 aromatic carbocycles. The van der Waals surface area contributed by atoms with Crippen molar-refractivity contribution in [1.82, 2.24) is 24.6 Å². The number of ether oxygens (including phenoxy) is 1. The van der Waals surface area contributed by atoms with E-state index in [9.17, 15) is 5.11 Å². The fraction of sp³-hybridized carbons (Fsp3) is 0.519. The van der Waals surface area contributed by atoms with Crippen molar-refractivity contribution >= 4 is 16.7 Å². The van der Waals surface area contributed by atoms with E-state index in [1.165, 1.54) is 49.7 Å². The topological polar surface area (TPSA) is 88.3 Å². The van der Waals surface area contributed by atoms with E-state index in [4.69, 9.17) is 9.72 Å². The molecular weight excluding hydrogens is 426 g/mol. The van der Waals surface area contributed by atoms with E-state index in [-0.39, 0.29) is 6.61 Å². The van der Waals surface area contributed by atoms with Crippen LogP contribution >= 0.6 is 0 Å². The second-order valence-electron chi connectivity index (χ2n) is 10.5. The molecule has 1 aliphatic heterocycles. The van der Waals surface area contributed by atoms with Crippen molar-refractivity contribution in [3.8, 4) is 11.3 Å². The van der Waals surface area contributed by atoms with Crippen LogP contribution in [-0.2, 0) is 11.3 Å². The standard InChI is InChI=1S/C27H33N5O2/c1-16(2)24-25(20-10-21(12-33)27-28-15-29-32(27)11-20)31-23-8-7-22(30-26(23)24)19-5-3-17(4-6-19)9-18-13-34-14-18/h7-8,10-11,15-19,31,33H,3-6,9,12-14H2,1-2H3. The van der Waals surface area contributed by atoms with Gasteiger partial charge in [0.05, 0.1) is 36.5 Å². The van der Waals surface area contributed by atoms with Gasteiger partial charge in [0.25, 0.3) is 0 Å². The molecule has 178 valence electrons.